The molecule has 0 aliphatic rings. The maximum Gasteiger partial charge on any atom is 0.181 e. The minimum atomic E-state index is -3.00. The third kappa shape index (κ3) is 5.78. The zero-order valence-corrected chi connectivity index (χ0v) is 35.6. The lowest BCUT2D eigenvalue weighted by Gasteiger charge is -2.35. The summed E-state index contributed by atoms with van der Waals surface area (Å²) in [6.07, 6.45) is 0. The molecule has 296 valence electrons. The van der Waals surface area contributed by atoms with E-state index < -0.39 is 8.07 Å². The monoisotopic (exact) mass is 818 g/mol. The Bertz CT molecular complexity index is 3500. The fourth-order valence-electron chi connectivity index (χ4n) is 10.4. The molecule has 0 aliphatic carbocycles. The van der Waals surface area contributed by atoms with Crippen LogP contribution in [-0.2, 0) is 0 Å². The Morgan fingerprint density at radius 1 is 0.286 bits per heavy atom. The zero-order chi connectivity index (χ0) is 41.7. The minimum absolute atomic E-state index is 1.13. The van der Waals surface area contributed by atoms with Crippen LogP contribution in [0.25, 0.3) is 77.2 Å². The van der Waals surface area contributed by atoms with Gasteiger partial charge in [0.1, 0.15) is 0 Å². The molecule has 0 fully saturated rings. The second kappa shape index (κ2) is 15.2. The minimum Gasteiger partial charge on any atom is -0.309 e. The molecular formula is C60H42N2Si. The molecule has 0 aliphatic heterocycles. The fourth-order valence-corrected chi connectivity index (χ4v) is 15.4. The number of hydrogen-bond acceptors (Lipinski definition) is 0. The van der Waals surface area contributed by atoms with Gasteiger partial charge in [-0.3, -0.25) is 0 Å². The number of nitrogens with zero attached hydrogens (tertiary/aromatic N) is 2. The van der Waals surface area contributed by atoms with E-state index in [1.54, 1.807) is 0 Å². The highest BCUT2D eigenvalue weighted by molar-refractivity contribution is 7.20. The van der Waals surface area contributed by atoms with Crippen molar-refractivity contribution >= 4 is 72.4 Å². The quantitative estimate of drug-likeness (QED) is 0.107. The van der Waals surface area contributed by atoms with Gasteiger partial charge in [0.05, 0.1) is 27.8 Å². The summed E-state index contributed by atoms with van der Waals surface area (Å²) in [5.41, 5.74) is 11.8. The Morgan fingerprint density at radius 3 is 1.32 bits per heavy atom. The maximum absolute atomic E-state index is 3.00. The van der Waals surface area contributed by atoms with E-state index in [9.17, 15) is 0 Å². The van der Waals surface area contributed by atoms with E-state index in [-0.39, 0.29) is 0 Å². The molecule has 2 heterocycles. The highest BCUT2D eigenvalue weighted by Gasteiger charge is 2.43. The molecular weight excluding hydrogens is 777 g/mol. The van der Waals surface area contributed by atoms with E-state index in [4.69, 9.17) is 0 Å². The average molecular weight is 819 g/mol. The first-order chi connectivity index (χ1) is 31.3. The number of benzene rings is 10. The average Bonchev–Trinajstić information content (AvgIpc) is 3.89. The van der Waals surface area contributed by atoms with Crippen molar-refractivity contribution in [2.45, 2.75) is 0 Å². The van der Waals surface area contributed by atoms with Gasteiger partial charge in [0.25, 0.3) is 0 Å². The predicted octanol–water partition coefficient (Wildman–Crippen LogP) is 12.6. The van der Waals surface area contributed by atoms with E-state index in [2.05, 4.69) is 264 Å². The number of aromatic nitrogens is 2. The van der Waals surface area contributed by atoms with Crippen LogP contribution in [0.1, 0.15) is 0 Å². The molecule has 12 rings (SSSR count). The van der Waals surface area contributed by atoms with Gasteiger partial charge in [-0.25, -0.2) is 0 Å². The van der Waals surface area contributed by atoms with E-state index >= 15 is 0 Å². The SMILES string of the molecule is c1ccc(-c2cccc(-n3c4ccccc4c4ccc(-n5c6ccccc6c6cccc([Si](c7ccccc7)(c7ccccc7)c7ccccc7)c65)c(-c5ccccc5)c43)c2)cc1. The Labute approximate surface area is 368 Å². The molecule has 63 heavy (non-hydrogen) atoms. The summed E-state index contributed by atoms with van der Waals surface area (Å²) in [5, 5.41) is 10.3. The Balaban J connectivity index is 1.27. The first-order valence-corrected chi connectivity index (χ1v) is 23.8. The Hall–Kier alpha value is -7.98. The molecule has 10 aromatic carbocycles. The second-order valence-electron chi connectivity index (χ2n) is 16.4. The van der Waals surface area contributed by atoms with Crippen LogP contribution in [0.4, 0.5) is 0 Å². The van der Waals surface area contributed by atoms with Crippen molar-refractivity contribution in [1.29, 1.82) is 0 Å². The predicted molar refractivity (Wildman–Crippen MR) is 270 cm³/mol. The third-order valence-corrected chi connectivity index (χ3v) is 17.9. The van der Waals surface area contributed by atoms with Crippen LogP contribution in [0.2, 0.25) is 0 Å². The van der Waals surface area contributed by atoms with Crippen molar-refractivity contribution in [1.82, 2.24) is 9.13 Å². The van der Waals surface area contributed by atoms with E-state index in [0.29, 0.717) is 0 Å². The van der Waals surface area contributed by atoms with E-state index in [1.165, 1.54) is 86.6 Å². The summed E-state index contributed by atoms with van der Waals surface area (Å²) < 4.78 is 5.12. The first kappa shape index (κ1) is 36.8. The summed E-state index contributed by atoms with van der Waals surface area (Å²) in [6, 6.07) is 94.4. The summed E-state index contributed by atoms with van der Waals surface area (Å²) in [6.45, 7) is 0. The van der Waals surface area contributed by atoms with Gasteiger partial charge in [-0.05, 0) is 67.8 Å². The molecule has 2 nitrogen and oxygen atoms in total. The lowest BCUT2D eigenvalue weighted by atomic mass is 9.99. The molecule has 0 atom stereocenters. The van der Waals surface area contributed by atoms with Gasteiger partial charge in [0.2, 0.25) is 0 Å². The molecule has 0 spiro atoms. The summed E-state index contributed by atoms with van der Waals surface area (Å²) in [5.74, 6) is 0. The number of hydrogen-bond donors (Lipinski definition) is 0. The highest BCUT2D eigenvalue weighted by Crippen LogP contribution is 2.44. The molecule has 0 bridgehead atoms. The van der Waals surface area contributed by atoms with Gasteiger partial charge in [-0.15, -0.1) is 0 Å². The van der Waals surface area contributed by atoms with Gasteiger partial charge < -0.3 is 9.13 Å². The number of fused-ring (bicyclic) bond motifs is 6. The van der Waals surface area contributed by atoms with Crippen LogP contribution in [0.5, 0.6) is 0 Å². The van der Waals surface area contributed by atoms with Crippen molar-refractivity contribution in [3.05, 3.63) is 255 Å². The highest BCUT2D eigenvalue weighted by atomic mass is 28.3. The Morgan fingerprint density at radius 2 is 0.730 bits per heavy atom. The van der Waals surface area contributed by atoms with E-state index in [0.717, 1.165) is 11.4 Å². The van der Waals surface area contributed by atoms with Crippen molar-refractivity contribution in [2.24, 2.45) is 0 Å². The standard InChI is InChI=1S/C60H42N2Si/c1-6-22-43(23-7-1)45-26-20-27-46(42-45)61-54-37-18-16-35-51(54)53-40-41-56(58(60(53)61)44-24-8-2-9-25-44)62-55-38-19-17-34-50(55)52-36-21-39-57(59(52)62)63(47-28-10-3-11-29-47,48-30-12-4-13-31-48)49-32-14-5-15-33-49/h1-42H. The smallest absolute Gasteiger partial charge is 0.181 e. The molecule has 12 aromatic rings. The van der Waals surface area contributed by atoms with Crippen molar-refractivity contribution < 1.29 is 0 Å². The lowest BCUT2D eigenvalue weighted by molar-refractivity contribution is 1.16. The van der Waals surface area contributed by atoms with Crippen molar-refractivity contribution in [2.75, 3.05) is 0 Å². The van der Waals surface area contributed by atoms with Crippen LogP contribution in [-0.4, -0.2) is 17.2 Å². The summed E-state index contributed by atoms with van der Waals surface area (Å²) in [7, 11) is -3.00. The van der Waals surface area contributed by atoms with E-state index in [1.807, 2.05) is 0 Å². The molecule has 0 amide bonds. The van der Waals surface area contributed by atoms with Crippen LogP contribution in [0.3, 0.4) is 0 Å². The fraction of sp³-hybridized carbons (Fsp3) is 0. The molecule has 0 N–H and O–H groups in total. The molecule has 0 unspecified atom stereocenters. The van der Waals surface area contributed by atoms with Crippen molar-refractivity contribution in [3.8, 4) is 33.6 Å². The number of rotatable bonds is 8. The normalized spacial score (nSPS) is 11.8. The molecule has 3 heteroatoms. The van der Waals surface area contributed by atoms with Gasteiger partial charge in [0, 0.05) is 32.8 Å². The largest absolute Gasteiger partial charge is 0.309 e. The second-order valence-corrected chi connectivity index (χ2v) is 20.2. The lowest BCUT2D eigenvalue weighted by Crippen LogP contribution is -2.75. The molecule has 0 saturated heterocycles. The third-order valence-electron chi connectivity index (χ3n) is 13.0. The van der Waals surface area contributed by atoms with Crippen LogP contribution >= 0.6 is 0 Å². The van der Waals surface area contributed by atoms with Crippen LogP contribution in [0.15, 0.2) is 255 Å². The van der Waals surface area contributed by atoms with Gasteiger partial charge >= 0.3 is 0 Å². The van der Waals surface area contributed by atoms with Gasteiger partial charge in [-0.1, -0.05) is 224 Å². The molecule has 0 saturated carbocycles. The number of para-hydroxylation sites is 3. The summed E-state index contributed by atoms with van der Waals surface area (Å²) >= 11 is 0. The van der Waals surface area contributed by atoms with Crippen LogP contribution in [0, 0.1) is 0 Å². The summed E-state index contributed by atoms with van der Waals surface area (Å²) in [4.78, 5) is 0. The Kier molecular flexibility index (Phi) is 8.87. The topological polar surface area (TPSA) is 9.86 Å². The molecule has 2 aromatic heterocycles. The van der Waals surface area contributed by atoms with Gasteiger partial charge in [-0.2, -0.15) is 0 Å². The van der Waals surface area contributed by atoms with Crippen LogP contribution < -0.4 is 20.7 Å². The maximum atomic E-state index is 2.61. The first-order valence-electron chi connectivity index (χ1n) is 21.8. The molecule has 0 radical (unpaired) electrons. The van der Waals surface area contributed by atoms with Crippen molar-refractivity contribution in [3.63, 3.8) is 0 Å². The zero-order valence-electron chi connectivity index (χ0n) is 34.6. The van der Waals surface area contributed by atoms with Gasteiger partial charge in [0.15, 0.2) is 8.07 Å².